The van der Waals surface area contributed by atoms with Gasteiger partial charge in [0.25, 0.3) is 12.9 Å². The van der Waals surface area contributed by atoms with Crippen LogP contribution in [0.3, 0.4) is 0 Å². The molecule has 1 aliphatic heterocycles. The maximum absolute atomic E-state index is 4.09. The average molecular weight is 249 g/mol. The summed E-state index contributed by atoms with van der Waals surface area (Å²) < 4.78 is 2.48. The molecule has 0 radical (unpaired) electrons. The molecule has 0 saturated carbocycles. The molecule has 1 aromatic rings. The Morgan fingerprint density at radius 2 is 2.11 bits per heavy atom. The molecule has 0 unspecified atom stereocenters. The van der Waals surface area contributed by atoms with E-state index in [1.807, 2.05) is 0 Å². The van der Waals surface area contributed by atoms with Crippen molar-refractivity contribution in [1.82, 2.24) is 30.2 Å². The topological polar surface area (TPSA) is 64.2 Å². The van der Waals surface area contributed by atoms with Crippen molar-refractivity contribution in [2.45, 2.75) is 33.4 Å². The normalized spacial score (nSPS) is 18.8. The van der Waals surface area contributed by atoms with Crippen molar-refractivity contribution in [1.29, 1.82) is 0 Å². The van der Waals surface area contributed by atoms with Crippen LogP contribution in [0.25, 0.3) is 0 Å². The van der Waals surface area contributed by atoms with Gasteiger partial charge in [-0.05, 0) is 25.2 Å². The van der Waals surface area contributed by atoms with Crippen LogP contribution in [0.4, 0.5) is 5.95 Å². The zero-order valence-electron chi connectivity index (χ0n) is 11.7. The fourth-order valence-electron chi connectivity index (χ4n) is 2.44. The van der Waals surface area contributed by atoms with Gasteiger partial charge in [0.15, 0.2) is 0 Å². The monoisotopic (exact) mass is 249 g/mol. The second-order valence-electron chi connectivity index (χ2n) is 4.94. The molecule has 7 nitrogen and oxygen atoms in total. The van der Waals surface area contributed by atoms with Gasteiger partial charge in [0.05, 0.1) is 6.67 Å². The van der Waals surface area contributed by atoms with Crippen molar-refractivity contribution in [2.75, 3.05) is 25.1 Å². The van der Waals surface area contributed by atoms with Crippen LogP contribution in [0.1, 0.15) is 19.8 Å². The van der Waals surface area contributed by atoms with Gasteiger partial charge >= 0.3 is 6.98 Å². The summed E-state index contributed by atoms with van der Waals surface area (Å²) in [4.78, 5) is 4.46. The van der Waals surface area contributed by atoms with Crippen molar-refractivity contribution in [3.8, 4) is 0 Å². The van der Waals surface area contributed by atoms with Crippen LogP contribution in [0.5, 0.6) is 0 Å². The second-order valence-corrected chi connectivity index (χ2v) is 4.94. The minimum Gasteiger partial charge on any atom is -0.356 e. The Bertz CT molecular complexity index is 360. The zero-order chi connectivity index (χ0) is 13.1. The molecule has 98 valence electrons. The molecule has 0 aliphatic carbocycles. The van der Waals surface area contributed by atoms with Gasteiger partial charge in [0, 0.05) is 0 Å². The van der Waals surface area contributed by atoms with E-state index in [1.54, 1.807) is 0 Å². The smallest absolute Gasteiger partial charge is 0.333 e. The number of hydrogen-bond acceptors (Lipinski definition) is 6. The van der Waals surface area contributed by atoms with Crippen LogP contribution in [-0.2, 0) is 0 Å². The lowest BCUT2D eigenvalue weighted by atomic mass is 9.58. The predicted molar refractivity (Wildman–Crippen MR) is 74.1 cm³/mol. The van der Waals surface area contributed by atoms with Gasteiger partial charge in [-0.15, -0.1) is 5.10 Å². The van der Waals surface area contributed by atoms with E-state index in [0.29, 0.717) is 19.9 Å². The standard InChI is InChI=1S/C9H21B2N7/c1-5-6-7-18-10(2)16(4)8-17(11(18)3)9-12-14-15-13-9/h5-8H2,1-4H3,(H,12,13,14,15). The van der Waals surface area contributed by atoms with Gasteiger partial charge in [-0.3, -0.25) is 0 Å². The summed E-state index contributed by atoms with van der Waals surface area (Å²) in [6, 6.07) is 0. The quantitative estimate of drug-likeness (QED) is 0.771. The SMILES string of the molecule is CCCCN1B(C)N(C)CN(c2nn[nH]n2)B1C. The van der Waals surface area contributed by atoms with E-state index in [0.717, 1.165) is 13.2 Å². The van der Waals surface area contributed by atoms with Crippen LogP contribution in [-0.4, -0.2) is 64.4 Å². The molecule has 2 heterocycles. The number of H-pyrrole nitrogens is 1. The van der Waals surface area contributed by atoms with E-state index in [2.05, 4.69) is 62.6 Å². The van der Waals surface area contributed by atoms with Crippen LogP contribution >= 0.6 is 0 Å². The largest absolute Gasteiger partial charge is 0.356 e. The summed E-state index contributed by atoms with van der Waals surface area (Å²) in [7, 11) is 2.13. The van der Waals surface area contributed by atoms with Crippen LogP contribution < -0.4 is 4.81 Å². The fourth-order valence-corrected chi connectivity index (χ4v) is 2.44. The maximum Gasteiger partial charge on any atom is 0.333 e. The van der Waals surface area contributed by atoms with Crippen LogP contribution in [0.15, 0.2) is 0 Å². The minimum absolute atomic E-state index is 0.292. The highest BCUT2D eigenvalue weighted by atomic mass is 15.5. The lowest BCUT2D eigenvalue weighted by Crippen LogP contribution is -2.69. The predicted octanol–water partition coefficient (Wildman–Crippen LogP) is 0.247. The molecule has 1 aromatic heterocycles. The Hall–Kier alpha value is -1.08. The Morgan fingerprint density at radius 1 is 1.33 bits per heavy atom. The Labute approximate surface area is 109 Å². The molecule has 9 heteroatoms. The summed E-state index contributed by atoms with van der Waals surface area (Å²) in [6.07, 6.45) is 2.42. The van der Waals surface area contributed by atoms with Crippen molar-refractivity contribution >= 4 is 19.9 Å². The van der Waals surface area contributed by atoms with Gasteiger partial charge < -0.3 is 14.3 Å². The van der Waals surface area contributed by atoms with Gasteiger partial charge in [-0.2, -0.15) is 5.21 Å². The summed E-state index contributed by atoms with van der Waals surface area (Å²) in [5, 5.41) is 14.4. The molecule has 0 aromatic carbocycles. The summed E-state index contributed by atoms with van der Waals surface area (Å²) in [5.74, 6) is 0.669. The number of anilines is 1. The number of tetrazole rings is 1. The highest BCUT2D eigenvalue weighted by Crippen LogP contribution is 2.18. The number of aromatic nitrogens is 4. The molecule has 1 N–H and O–H groups in total. The number of nitrogens with zero attached hydrogens (tertiary/aromatic N) is 6. The molecule has 0 amide bonds. The van der Waals surface area contributed by atoms with E-state index < -0.39 is 0 Å². The molecular weight excluding hydrogens is 228 g/mol. The molecule has 0 atom stereocenters. The summed E-state index contributed by atoms with van der Waals surface area (Å²) in [6.45, 7) is 9.33. The molecule has 0 spiro atoms. The Balaban J connectivity index is 2.13. The van der Waals surface area contributed by atoms with Crippen molar-refractivity contribution in [3.05, 3.63) is 0 Å². The van der Waals surface area contributed by atoms with E-state index in [-0.39, 0.29) is 0 Å². The first-order valence-electron chi connectivity index (χ1n) is 6.61. The molecule has 1 fully saturated rings. The molecule has 18 heavy (non-hydrogen) atoms. The molecule has 2 rings (SSSR count). The number of hydrogen-bond donors (Lipinski definition) is 1. The summed E-state index contributed by atoms with van der Waals surface area (Å²) in [5.41, 5.74) is 0. The minimum atomic E-state index is 0.292. The van der Waals surface area contributed by atoms with Crippen molar-refractivity contribution < 1.29 is 0 Å². The van der Waals surface area contributed by atoms with E-state index in [1.165, 1.54) is 12.8 Å². The molecule has 1 saturated heterocycles. The highest BCUT2D eigenvalue weighted by Gasteiger charge is 2.40. The van der Waals surface area contributed by atoms with Gasteiger partial charge in [0.2, 0.25) is 0 Å². The molecule has 0 bridgehead atoms. The van der Waals surface area contributed by atoms with E-state index in [4.69, 9.17) is 0 Å². The Morgan fingerprint density at radius 3 is 2.72 bits per heavy atom. The Kier molecular flexibility index (Phi) is 4.23. The number of aromatic amines is 1. The fraction of sp³-hybridized carbons (Fsp3) is 0.889. The maximum atomic E-state index is 4.09. The van der Waals surface area contributed by atoms with Gasteiger partial charge in [-0.1, -0.05) is 32.1 Å². The van der Waals surface area contributed by atoms with Crippen LogP contribution in [0, 0.1) is 0 Å². The number of nitrogens with one attached hydrogen (secondary N) is 1. The lowest BCUT2D eigenvalue weighted by molar-refractivity contribution is 0.434. The third-order valence-corrected chi connectivity index (χ3v) is 3.79. The van der Waals surface area contributed by atoms with Crippen molar-refractivity contribution in [3.63, 3.8) is 0 Å². The third-order valence-electron chi connectivity index (χ3n) is 3.79. The number of unbranched alkanes of at least 4 members (excludes halogenated alkanes) is 1. The van der Waals surface area contributed by atoms with E-state index in [9.17, 15) is 0 Å². The van der Waals surface area contributed by atoms with Gasteiger partial charge in [-0.25, -0.2) is 0 Å². The third kappa shape index (κ3) is 2.51. The van der Waals surface area contributed by atoms with Crippen LogP contribution in [0.2, 0.25) is 13.6 Å². The highest BCUT2D eigenvalue weighted by molar-refractivity contribution is 6.73. The first-order chi connectivity index (χ1) is 8.65. The first kappa shape index (κ1) is 13.4. The number of rotatable bonds is 4. The molecule has 1 aliphatic rings. The summed E-state index contributed by atoms with van der Waals surface area (Å²) >= 11 is 0. The zero-order valence-corrected chi connectivity index (χ0v) is 11.7. The van der Waals surface area contributed by atoms with E-state index >= 15 is 0 Å². The van der Waals surface area contributed by atoms with Crippen molar-refractivity contribution in [2.24, 2.45) is 0 Å². The van der Waals surface area contributed by atoms with Gasteiger partial charge in [0.1, 0.15) is 0 Å². The lowest BCUT2D eigenvalue weighted by Gasteiger charge is -2.47. The average Bonchev–Trinajstić information content (AvgIpc) is 2.87. The second kappa shape index (κ2) is 5.71. The molecular formula is C9H21B2N7. The first-order valence-corrected chi connectivity index (χ1v) is 6.61.